The zero-order chi connectivity index (χ0) is 19.8. The molecule has 3 nitrogen and oxygen atoms in total. The van der Waals surface area contributed by atoms with E-state index in [-0.39, 0.29) is 11.8 Å². The second kappa shape index (κ2) is 10.9. The summed E-state index contributed by atoms with van der Waals surface area (Å²) >= 11 is 7.83. The van der Waals surface area contributed by atoms with E-state index < -0.39 is 0 Å². The quantitative estimate of drug-likeness (QED) is 0.620. The van der Waals surface area contributed by atoms with Gasteiger partial charge in [0.05, 0.1) is 5.92 Å². The van der Waals surface area contributed by atoms with Crippen molar-refractivity contribution in [2.45, 2.75) is 32.1 Å². The zero-order valence-electron chi connectivity index (χ0n) is 16.5. The lowest BCUT2D eigenvalue weighted by atomic mass is 9.96. The van der Waals surface area contributed by atoms with Gasteiger partial charge in [-0.15, -0.1) is 0 Å². The summed E-state index contributed by atoms with van der Waals surface area (Å²) < 4.78 is 0. The third kappa shape index (κ3) is 6.84. The fourth-order valence-corrected chi connectivity index (χ4v) is 4.58. The number of hydrogen-bond acceptors (Lipinski definition) is 3. The molecule has 0 saturated carbocycles. The Hall–Kier alpha value is -1.49. The molecule has 1 heterocycles. The summed E-state index contributed by atoms with van der Waals surface area (Å²) in [7, 11) is 0. The van der Waals surface area contributed by atoms with Gasteiger partial charge in [0.15, 0.2) is 0 Å². The molecule has 2 aromatic carbocycles. The van der Waals surface area contributed by atoms with Crippen LogP contribution in [0.4, 0.5) is 0 Å². The van der Waals surface area contributed by atoms with Crippen LogP contribution in [0.2, 0.25) is 5.02 Å². The van der Waals surface area contributed by atoms with Gasteiger partial charge in [-0.1, -0.05) is 53.6 Å². The number of hydrogen-bond donors (Lipinski definition) is 1. The number of rotatable bonds is 8. The molecule has 2 aromatic rings. The molecule has 1 aliphatic heterocycles. The van der Waals surface area contributed by atoms with Crippen LogP contribution in [-0.4, -0.2) is 36.2 Å². The molecule has 28 heavy (non-hydrogen) atoms. The minimum Gasteiger partial charge on any atom is -0.355 e. The first-order chi connectivity index (χ1) is 13.6. The highest BCUT2D eigenvalue weighted by molar-refractivity contribution is 7.98. The smallest absolute Gasteiger partial charge is 0.224 e. The Bertz CT molecular complexity index is 765. The highest BCUT2D eigenvalue weighted by Crippen LogP contribution is 2.20. The lowest BCUT2D eigenvalue weighted by molar-refractivity contribution is -0.126. The molecule has 0 bridgehead atoms. The Morgan fingerprint density at radius 1 is 1.21 bits per heavy atom. The van der Waals surface area contributed by atoms with Crippen LogP contribution in [0.1, 0.15) is 29.5 Å². The molecule has 150 valence electrons. The maximum Gasteiger partial charge on any atom is 0.224 e. The Kier molecular flexibility index (Phi) is 8.26. The molecule has 0 aromatic heterocycles. The highest BCUT2D eigenvalue weighted by Gasteiger charge is 2.25. The van der Waals surface area contributed by atoms with Gasteiger partial charge in [0.2, 0.25) is 5.91 Å². The molecule has 3 rings (SSSR count). The summed E-state index contributed by atoms with van der Waals surface area (Å²) in [5.41, 5.74) is 3.89. The van der Waals surface area contributed by atoms with Gasteiger partial charge in [0.25, 0.3) is 0 Å². The molecule has 1 fully saturated rings. The van der Waals surface area contributed by atoms with E-state index in [1.807, 2.05) is 23.9 Å². The van der Waals surface area contributed by atoms with Crippen molar-refractivity contribution in [2.75, 3.05) is 25.4 Å². The van der Waals surface area contributed by atoms with E-state index in [2.05, 4.69) is 53.5 Å². The van der Waals surface area contributed by atoms with Gasteiger partial charge in [0.1, 0.15) is 0 Å². The molecule has 1 aliphatic rings. The second-order valence-electron chi connectivity index (χ2n) is 7.53. The van der Waals surface area contributed by atoms with Crippen LogP contribution in [0, 0.1) is 12.8 Å². The predicted octanol–water partition coefficient (Wildman–Crippen LogP) is 4.91. The van der Waals surface area contributed by atoms with Crippen molar-refractivity contribution >= 4 is 29.3 Å². The summed E-state index contributed by atoms with van der Waals surface area (Å²) in [6, 6.07) is 16.6. The third-order valence-electron chi connectivity index (χ3n) is 5.09. The first kappa shape index (κ1) is 21.2. The maximum absolute atomic E-state index is 12.6. The number of likely N-dealkylation sites (tertiary alicyclic amines) is 1. The number of halogens is 1. The van der Waals surface area contributed by atoms with E-state index in [9.17, 15) is 4.79 Å². The van der Waals surface area contributed by atoms with Crippen LogP contribution >= 0.6 is 23.4 Å². The molecule has 1 N–H and O–H groups in total. The van der Waals surface area contributed by atoms with E-state index in [0.717, 1.165) is 55.5 Å². The van der Waals surface area contributed by atoms with Gasteiger partial charge in [-0.05, 0) is 49.6 Å². The largest absolute Gasteiger partial charge is 0.355 e. The fraction of sp³-hybridized carbons (Fsp3) is 0.435. The topological polar surface area (TPSA) is 32.3 Å². The minimum atomic E-state index is 0.0998. The summed E-state index contributed by atoms with van der Waals surface area (Å²) in [4.78, 5) is 14.9. The number of amides is 1. The molecule has 1 unspecified atom stereocenters. The van der Waals surface area contributed by atoms with Crippen molar-refractivity contribution in [3.63, 3.8) is 0 Å². The van der Waals surface area contributed by atoms with Gasteiger partial charge >= 0.3 is 0 Å². The highest BCUT2D eigenvalue weighted by atomic mass is 35.5. The first-order valence-corrected chi connectivity index (χ1v) is 11.5. The number of nitrogens with one attached hydrogen (secondary N) is 1. The molecule has 0 aliphatic carbocycles. The number of carbonyl (C=O) groups excluding carboxylic acids is 1. The summed E-state index contributed by atoms with van der Waals surface area (Å²) in [5, 5.41) is 3.90. The molecule has 5 heteroatoms. The van der Waals surface area contributed by atoms with Crippen molar-refractivity contribution < 1.29 is 4.79 Å². The van der Waals surface area contributed by atoms with E-state index in [1.165, 1.54) is 16.7 Å². The lowest BCUT2D eigenvalue weighted by Gasteiger charge is -2.32. The van der Waals surface area contributed by atoms with Crippen molar-refractivity contribution in [3.8, 4) is 0 Å². The van der Waals surface area contributed by atoms with Crippen molar-refractivity contribution in [3.05, 3.63) is 70.2 Å². The first-order valence-electron chi connectivity index (χ1n) is 9.98. The molecule has 1 amide bonds. The zero-order valence-corrected chi connectivity index (χ0v) is 18.1. The lowest BCUT2D eigenvalue weighted by Crippen LogP contribution is -2.43. The van der Waals surface area contributed by atoms with E-state index in [4.69, 9.17) is 11.6 Å². The maximum atomic E-state index is 12.6. The number of benzene rings is 2. The Balaban J connectivity index is 1.36. The third-order valence-corrected chi connectivity index (χ3v) is 6.37. The van der Waals surface area contributed by atoms with Crippen LogP contribution in [0.25, 0.3) is 0 Å². The van der Waals surface area contributed by atoms with Gasteiger partial charge in [-0.3, -0.25) is 9.69 Å². The molecular formula is C23H29ClN2OS. The number of thioether (sulfide) groups is 1. The standard InChI is InChI=1S/C23H29ClN2OS/c1-18-4-2-5-20(14-18)17-28-13-11-25-23(27)21-6-3-12-26(16-21)15-19-7-9-22(24)10-8-19/h2,4-5,7-10,14,21H,3,6,11-13,15-17H2,1H3,(H,25,27). The molecular weight excluding hydrogens is 388 g/mol. The predicted molar refractivity (Wildman–Crippen MR) is 120 cm³/mol. The number of aryl methyl sites for hydroxylation is 1. The van der Waals surface area contributed by atoms with Crippen LogP contribution in [0.15, 0.2) is 48.5 Å². The van der Waals surface area contributed by atoms with E-state index >= 15 is 0 Å². The average molecular weight is 417 g/mol. The minimum absolute atomic E-state index is 0.0998. The van der Waals surface area contributed by atoms with E-state index in [1.54, 1.807) is 0 Å². The number of nitrogens with zero attached hydrogens (tertiary/aromatic N) is 1. The van der Waals surface area contributed by atoms with Crippen molar-refractivity contribution in [2.24, 2.45) is 5.92 Å². The Morgan fingerprint density at radius 2 is 2.04 bits per heavy atom. The Labute approximate surface area is 177 Å². The SMILES string of the molecule is Cc1cccc(CSCCNC(=O)C2CCCN(Cc3ccc(Cl)cc3)C2)c1. The van der Waals surface area contributed by atoms with E-state index in [0.29, 0.717) is 0 Å². The van der Waals surface area contributed by atoms with Crippen molar-refractivity contribution in [1.29, 1.82) is 0 Å². The monoisotopic (exact) mass is 416 g/mol. The normalized spacial score (nSPS) is 17.4. The summed E-state index contributed by atoms with van der Waals surface area (Å²) in [5.74, 6) is 2.25. The molecule has 0 radical (unpaired) electrons. The molecule has 0 spiro atoms. The average Bonchev–Trinajstić information content (AvgIpc) is 2.70. The Morgan fingerprint density at radius 3 is 2.82 bits per heavy atom. The number of piperidine rings is 1. The number of carbonyl (C=O) groups is 1. The van der Waals surface area contributed by atoms with Crippen LogP contribution < -0.4 is 5.32 Å². The second-order valence-corrected chi connectivity index (χ2v) is 9.08. The van der Waals surface area contributed by atoms with Gasteiger partial charge < -0.3 is 5.32 Å². The van der Waals surface area contributed by atoms with Gasteiger partial charge in [-0.25, -0.2) is 0 Å². The van der Waals surface area contributed by atoms with Gasteiger partial charge in [-0.2, -0.15) is 11.8 Å². The molecule has 1 atom stereocenters. The van der Waals surface area contributed by atoms with Crippen LogP contribution in [0.3, 0.4) is 0 Å². The van der Waals surface area contributed by atoms with Crippen LogP contribution in [0.5, 0.6) is 0 Å². The summed E-state index contributed by atoms with van der Waals surface area (Å²) in [6.07, 6.45) is 2.06. The summed E-state index contributed by atoms with van der Waals surface area (Å²) in [6.45, 7) is 5.63. The fourth-order valence-electron chi connectivity index (χ4n) is 3.64. The molecule has 1 saturated heterocycles. The van der Waals surface area contributed by atoms with Crippen molar-refractivity contribution in [1.82, 2.24) is 10.2 Å². The van der Waals surface area contributed by atoms with Gasteiger partial charge in [0, 0.05) is 36.2 Å². The van der Waals surface area contributed by atoms with Crippen LogP contribution in [-0.2, 0) is 17.1 Å².